The Hall–Kier alpha value is -2.80. The van der Waals surface area contributed by atoms with Gasteiger partial charge in [-0.3, -0.25) is 4.79 Å². The van der Waals surface area contributed by atoms with Gasteiger partial charge in [0, 0.05) is 12.7 Å². The van der Waals surface area contributed by atoms with E-state index in [-0.39, 0.29) is 18.2 Å². The van der Waals surface area contributed by atoms with Crippen molar-refractivity contribution in [1.29, 1.82) is 0 Å². The van der Waals surface area contributed by atoms with E-state index in [2.05, 4.69) is 10.3 Å². The smallest absolute Gasteiger partial charge is 0.352 e. The third-order valence-corrected chi connectivity index (χ3v) is 2.74. The Morgan fingerprint density at radius 2 is 2.19 bits per heavy atom. The second-order valence-corrected chi connectivity index (χ2v) is 4.26. The molecule has 2 heterocycles. The SMILES string of the molecule is NCc1ccc2c(c1)NC(=O)CO2.O=C(O)c1ccc[nH]1. The average molecular weight is 289 g/mol. The third kappa shape index (κ3) is 3.83. The molecule has 0 aliphatic carbocycles. The Morgan fingerprint density at radius 3 is 2.76 bits per heavy atom. The first-order chi connectivity index (χ1) is 10.1. The van der Waals surface area contributed by atoms with Crippen molar-refractivity contribution >= 4 is 17.6 Å². The van der Waals surface area contributed by atoms with Crippen LogP contribution >= 0.6 is 0 Å². The molecule has 0 bridgehead atoms. The molecule has 0 saturated carbocycles. The quantitative estimate of drug-likeness (QED) is 0.662. The molecule has 0 spiro atoms. The zero-order valence-electron chi connectivity index (χ0n) is 11.1. The molecule has 7 nitrogen and oxygen atoms in total. The van der Waals surface area contributed by atoms with Crippen molar-refractivity contribution in [2.45, 2.75) is 6.54 Å². The number of nitrogens with two attached hydrogens (primary N) is 1. The number of ether oxygens (including phenoxy) is 1. The number of nitrogens with one attached hydrogen (secondary N) is 2. The van der Waals surface area contributed by atoms with Gasteiger partial charge >= 0.3 is 5.97 Å². The molecule has 0 radical (unpaired) electrons. The highest BCUT2D eigenvalue weighted by Gasteiger charge is 2.15. The zero-order chi connectivity index (χ0) is 15.2. The first-order valence-corrected chi connectivity index (χ1v) is 6.22. The summed E-state index contributed by atoms with van der Waals surface area (Å²) in [5.41, 5.74) is 7.37. The predicted molar refractivity (Wildman–Crippen MR) is 76.2 cm³/mol. The van der Waals surface area contributed by atoms with Gasteiger partial charge in [-0.15, -0.1) is 0 Å². The van der Waals surface area contributed by atoms with Gasteiger partial charge in [0.05, 0.1) is 5.69 Å². The highest BCUT2D eigenvalue weighted by molar-refractivity contribution is 5.95. The number of fused-ring (bicyclic) bond motifs is 1. The van der Waals surface area contributed by atoms with Crippen LogP contribution in [-0.4, -0.2) is 28.6 Å². The van der Waals surface area contributed by atoms with Crippen molar-refractivity contribution < 1.29 is 19.4 Å². The molecule has 5 N–H and O–H groups in total. The highest BCUT2D eigenvalue weighted by Crippen LogP contribution is 2.28. The molecular formula is C14H15N3O4. The molecule has 1 aliphatic rings. The minimum atomic E-state index is -0.921. The molecule has 3 rings (SSSR count). The van der Waals surface area contributed by atoms with Crippen LogP contribution in [0.3, 0.4) is 0 Å². The van der Waals surface area contributed by atoms with E-state index in [9.17, 15) is 9.59 Å². The van der Waals surface area contributed by atoms with Crippen molar-refractivity contribution in [3.8, 4) is 5.75 Å². The van der Waals surface area contributed by atoms with Crippen molar-refractivity contribution in [3.05, 3.63) is 47.8 Å². The summed E-state index contributed by atoms with van der Waals surface area (Å²) < 4.78 is 5.18. The molecule has 0 atom stereocenters. The molecule has 1 aromatic carbocycles. The maximum Gasteiger partial charge on any atom is 0.352 e. The number of H-pyrrole nitrogens is 1. The van der Waals surface area contributed by atoms with Crippen LogP contribution in [0.25, 0.3) is 0 Å². The van der Waals surface area contributed by atoms with Crippen molar-refractivity contribution in [2.75, 3.05) is 11.9 Å². The Kier molecular flexibility index (Phi) is 4.57. The van der Waals surface area contributed by atoms with Gasteiger partial charge in [-0.05, 0) is 29.8 Å². The molecule has 1 amide bonds. The van der Waals surface area contributed by atoms with E-state index in [1.54, 1.807) is 12.3 Å². The molecule has 21 heavy (non-hydrogen) atoms. The molecule has 7 heteroatoms. The lowest BCUT2D eigenvalue weighted by Crippen LogP contribution is -2.25. The molecule has 0 unspecified atom stereocenters. The van der Waals surface area contributed by atoms with Crippen molar-refractivity contribution in [3.63, 3.8) is 0 Å². The molecule has 0 fully saturated rings. The molecule has 1 aliphatic heterocycles. The number of carboxylic acids is 1. The average Bonchev–Trinajstić information content (AvgIpc) is 3.01. The van der Waals surface area contributed by atoms with Crippen LogP contribution in [0.2, 0.25) is 0 Å². The number of aromatic carboxylic acids is 1. The molecule has 2 aromatic rings. The fraction of sp³-hybridized carbons (Fsp3) is 0.143. The standard InChI is InChI=1S/C9H10N2O2.C5H5NO2/c10-4-6-1-2-8-7(3-6)11-9(12)5-13-8;7-5(8)4-2-1-3-6-4/h1-3H,4-5,10H2,(H,11,12);1-3,6H,(H,7,8). The van der Waals surface area contributed by atoms with Gasteiger partial charge in [0.1, 0.15) is 11.4 Å². The number of amides is 1. The van der Waals surface area contributed by atoms with Crippen molar-refractivity contribution in [2.24, 2.45) is 5.73 Å². The number of carbonyl (C=O) groups is 2. The van der Waals surface area contributed by atoms with E-state index < -0.39 is 5.97 Å². The number of hydrogen-bond donors (Lipinski definition) is 4. The summed E-state index contributed by atoms with van der Waals surface area (Å²) >= 11 is 0. The van der Waals surface area contributed by atoms with Crippen LogP contribution in [0, 0.1) is 0 Å². The Labute approximate surface area is 120 Å². The molecular weight excluding hydrogens is 274 g/mol. The largest absolute Gasteiger partial charge is 0.482 e. The summed E-state index contributed by atoms with van der Waals surface area (Å²) in [6, 6.07) is 8.67. The molecule has 1 aromatic heterocycles. The first kappa shape index (κ1) is 14.6. The lowest BCUT2D eigenvalue weighted by molar-refractivity contribution is -0.118. The van der Waals surface area contributed by atoms with Gasteiger partial charge in [-0.25, -0.2) is 4.79 Å². The summed E-state index contributed by atoms with van der Waals surface area (Å²) in [5.74, 6) is -0.339. The van der Waals surface area contributed by atoms with E-state index in [1.165, 1.54) is 6.07 Å². The van der Waals surface area contributed by atoms with Crippen LogP contribution in [0.1, 0.15) is 16.1 Å². The second kappa shape index (κ2) is 6.58. The van der Waals surface area contributed by atoms with Gasteiger partial charge in [-0.2, -0.15) is 0 Å². The number of carboxylic acid groups (broad SMARTS) is 1. The summed E-state index contributed by atoms with van der Waals surface area (Å²) in [5, 5.41) is 11.0. The number of aromatic amines is 1. The van der Waals surface area contributed by atoms with Crippen LogP contribution in [0.15, 0.2) is 36.5 Å². The fourth-order valence-corrected chi connectivity index (χ4v) is 1.72. The van der Waals surface area contributed by atoms with Crippen LogP contribution in [0.4, 0.5) is 5.69 Å². The Balaban J connectivity index is 0.000000173. The van der Waals surface area contributed by atoms with E-state index in [1.807, 2.05) is 18.2 Å². The summed E-state index contributed by atoms with van der Waals surface area (Å²) in [6.07, 6.45) is 1.57. The van der Waals surface area contributed by atoms with Crippen LogP contribution < -0.4 is 15.8 Å². The van der Waals surface area contributed by atoms with E-state index in [4.69, 9.17) is 15.6 Å². The summed E-state index contributed by atoms with van der Waals surface area (Å²) in [7, 11) is 0. The Bertz CT molecular complexity index is 638. The number of carbonyl (C=O) groups excluding carboxylic acids is 1. The van der Waals surface area contributed by atoms with Crippen LogP contribution in [0.5, 0.6) is 5.75 Å². The van der Waals surface area contributed by atoms with Crippen molar-refractivity contribution in [1.82, 2.24) is 4.98 Å². The number of hydrogen-bond acceptors (Lipinski definition) is 4. The number of benzene rings is 1. The number of rotatable bonds is 2. The monoisotopic (exact) mass is 289 g/mol. The van der Waals surface area contributed by atoms with Gasteiger partial charge in [0.25, 0.3) is 5.91 Å². The van der Waals surface area contributed by atoms with E-state index >= 15 is 0 Å². The first-order valence-electron chi connectivity index (χ1n) is 6.22. The fourth-order valence-electron chi connectivity index (χ4n) is 1.72. The van der Waals surface area contributed by atoms with Gasteiger partial charge < -0.3 is 25.9 Å². The maximum atomic E-state index is 11.0. The predicted octanol–water partition coefficient (Wildman–Crippen LogP) is 1.19. The highest BCUT2D eigenvalue weighted by atomic mass is 16.5. The third-order valence-electron chi connectivity index (χ3n) is 2.74. The van der Waals surface area contributed by atoms with E-state index in [0.717, 1.165) is 5.56 Å². The normalized spacial score (nSPS) is 12.3. The lowest BCUT2D eigenvalue weighted by Gasteiger charge is -2.18. The van der Waals surface area contributed by atoms with Crippen LogP contribution in [-0.2, 0) is 11.3 Å². The summed E-state index contributed by atoms with van der Waals surface area (Å²) in [6.45, 7) is 0.554. The summed E-state index contributed by atoms with van der Waals surface area (Å²) in [4.78, 5) is 23.5. The molecule has 0 saturated heterocycles. The van der Waals surface area contributed by atoms with E-state index in [0.29, 0.717) is 18.0 Å². The minimum absolute atomic E-state index is 0.0922. The minimum Gasteiger partial charge on any atom is -0.482 e. The zero-order valence-corrected chi connectivity index (χ0v) is 11.1. The second-order valence-electron chi connectivity index (χ2n) is 4.26. The van der Waals surface area contributed by atoms with Gasteiger partial charge in [-0.1, -0.05) is 6.07 Å². The molecule has 110 valence electrons. The topological polar surface area (TPSA) is 117 Å². The Morgan fingerprint density at radius 1 is 1.38 bits per heavy atom. The number of aromatic nitrogens is 1. The van der Waals surface area contributed by atoms with Gasteiger partial charge in [0.2, 0.25) is 0 Å². The number of anilines is 1. The van der Waals surface area contributed by atoms with Gasteiger partial charge in [0.15, 0.2) is 6.61 Å². The lowest BCUT2D eigenvalue weighted by atomic mass is 10.1. The maximum absolute atomic E-state index is 11.0.